The minimum Gasteiger partial charge on any atom is -0.380 e. The number of thioether (sulfide) groups is 1. The van der Waals surface area contributed by atoms with Gasteiger partial charge in [0.25, 0.3) is 0 Å². The lowest BCUT2D eigenvalue weighted by Crippen LogP contribution is -2.33. The van der Waals surface area contributed by atoms with E-state index in [1.807, 2.05) is 11.8 Å². The number of nitrogens with zero attached hydrogens (tertiary/aromatic N) is 1. The number of likely N-dealkylation sites (tertiary alicyclic amines) is 1. The molecule has 0 aromatic heterocycles. The fraction of sp³-hybridized carbons (Fsp3) is 1.00. The number of hydrogen-bond acceptors (Lipinski definition) is 3. The van der Waals surface area contributed by atoms with Crippen molar-refractivity contribution in [2.75, 3.05) is 32.6 Å². The Kier molecular flexibility index (Phi) is 2.94. The highest BCUT2D eigenvalue weighted by Crippen LogP contribution is 2.24. The number of ether oxygens (including phenoxy) is 1. The van der Waals surface area contributed by atoms with Crippen LogP contribution in [0, 0.1) is 0 Å². The van der Waals surface area contributed by atoms with E-state index in [2.05, 4.69) is 11.2 Å². The first-order chi connectivity index (χ1) is 5.90. The van der Waals surface area contributed by atoms with Gasteiger partial charge in [0.05, 0.1) is 6.61 Å². The van der Waals surface area contributed by atoms with Crippen molar-refractivity contribution >= 4 is 11.8 Å². The molecule has 2 atom stereocenters. The molecule has 0 N–H and O–H groups in total. The molecule has 2 nitrogen and oxygen atoms in total. The minimum absolute atomic E-state index is 0.738. The van der Waals surface area contributed by atoms with Gasteiger partial charge < -0.3 is 4.74 Å². The predicted octanol–water partition coefficient (Wildman–Crippen LogP) is 1.21. The highest BCUT2D eigenvalue weighted by molar-refractivity contribution is 7.99. The molecule has 0 amide bonds. The SMILES string of the molecule is CS[C@@H]1CCN([C@@H]2CCOC2)C1. The summed E-state index contributed by atoms with van der Waals surface area (Å²) in [6, 6.07) is 0.738. The van der Waals surface area contributed by atoms with Gasteiger partial charge in [-0.25, -0.2) is 0 Å². The zero-order valence-electron chi connectivity index (χ0n) is 7.66. The lowest BCUT2D eigenvalue weighted by Gasteiger charge is -2.21. The molecule has 2 saturated heterocycles. The van der Waals surface area contributed by atoms with Gasteiger partial charge in [0, 0.05) is 24.4 Å². The first-order valence-corrected chi connectivity index (χ1v) is 6.03. The summed E-state index contributed by atoms with van der Waals surface area (Å²) in [5, 5.41) is 0.880. The Bertz CT molecular complexity index is 147. The highest BCUT2D eigenvalue weighted by Gasteiger charge is 2.29. The molecule has 0 aliphatic carbocycles. The quantitative estimate of drug-likeness (QED) is 0.645. The van der Waals surface area contributed by atoms with E-state index in [4.69, 9.17) is 4.74 Å². The third kappa shape index (κ3) is 1.78. The average molecular weight is 187 g/mol. The van der Waals surface area contributed by atoms with E-state index in [0.29, 0.717) is 0 Å². The maximum absolute atomic E-state index is 5.39. The van der Waals surface area contributed by atoms with Gasteiger partial charge in [0.15, 0.2) is 0 Å². The average Bonchev–Trinajstić information content (AvgIpc) is 2.75. The van der Waals surface area contributed by atoms with Crippen LogP contribution in [0.2, 0.25) is 0 Å². The van der Waals surface area contributed by atoms with Crippen molar-refractivity contribution in [2.45, 2.75) is 24.1 Å². The summed E-state index contributed by atoms with van der Waals surface area (Å²) in [4.78, 5) is 2.61. The van der Waals surface area contributed by atoms with Crippen LogP contribution in [0.5, 0.6) is 0 Å². The van der Waals surface area contributed by atoms with Crippen LogP contribution in [0.25, 0.3) is 0 Å². The summed E-state index contributed by atoms with van der Waals surface area (Å²) in [7, 11) is 0. The molecule has 12 heavy (non-hydrogen) atoms. The van der Waals surface area contributed by atoms with E-state index < -0.39 is 0 Å². The largest absolute Gasteiger partial charge is 0.380 e. The Labute approximate surface area is 78.6 Å². The summed E-state index contributed by atoms with van der Waals surface area (Å²) in [6.07, 6.45) is 4.85. The van der Waals surface area contributed by atoms with Crippen molar-refractivity contribution in [2.24, 2.45) is 0 Å². The van der Waals surface area contributed by atoms with Gasteiger partial charge in [-0.15, -0.1) is 0 Å². The zero-order chi connectivity index (χ0) is 8.39. The van der Waals surface area contributed by atoms with Gasteiger partial charge in [-0.3, -0.25) is 4.90 Å². The van der Waals surface area contributed by atoms with Crippen molar-refractivity contribution in [1.82, 2.24) is 4.90 Å². The fourth-order valence-electron chi connectivity index (χ4n) is 2.09. The van der Waals surface area contributed by atoms with Crippen LogP contribution in [-0.4, -0.2) is 48.8 Å². The predicted molar refractivity (Wildman–Crippen MR) is 52.7 cm³/mol. The molecule has 0 bridgehead atoms. The third-order valence-electron chi connectivity index (χ3n) is 2.93. The molecular formula is C9H17NOS. The fourth-order valence-corrected chi connectivity index (χ4v) is 2.77. The normalized spacial score (nSPS) is 37.8. The van der Waals surface area contributed by atoms with Gasteiger partial charge in [-0.1, -0.05) is 0 Å². The molecular weight excluding hydrogens is 170 g/mol. The van der Waals surface area contributed by atoms with Crippen molar-refractivity contribution < 1.29 is 4.74 Å². The van der Waals surface area contributed by atoms with Crippen molar-refractivity contribution in [3.63, 3.8) is 0 Å². The Hall–Kier alpha value is 0.270. The molecule has 2 aliphatic rings. The van der Waals surface area contributed by atoms with Crippen LogP contribution < -0.4 is 0 Å². The second kappa shape index (κ2) is 3.99. The lowest BCUT2D eigenvalue weighted by atomic mass is 10.2. The van der Waals surface area contributed by atoms with E-state index in [1.54, 1.807) is 0 Å². The van der Waals surface area contributed by atoms with E-state index in [-0.39, 0.29) is 0 Å². The second-order valence-electron chi connectivity index (χ2n) is 3.66. The van der Waals surface area contributed by atoms with Gasteiger partial charge in [-0.2, -0.15) is 11.8 Å². The Balaban J connectivity index is 1.81. The first kappa shape index (κ1) is 8.85. The zero-order valence-corrected chi connectivity index (χ0v) is 8.48. The molecule has 0 unspecified atom stereocenters. The molecule has 2 fully saturated rings. The minimum atomic E-state index is 0.738. The summed E-state index contributed by atoms with van der Waals surface area (Å²) in [5.74, 6) is 0. The molecule has 0 radical (unpaired) electrons. The molecule has 0 saturated carbocycles. The van der Waals surface area contributed by atoms with E-state index in [1.165, 1.54) is 25.9 Å². The van der Waals surface area contributed by atoms with Gasteiger partial charge in [-0.05, 0) is 25.6 Å². The molecule has 0 aromatic carbocycles. The molecule has 2 heterocycles. The van der Waals surface area contributed by atoms with Crippen molar-refractivity contribution in [3.05, 3.63) is 0 Å². The van der Waals surface area contributed by atoms with Crippen molar-refractivity contribution in [1.29, 1.82) is 0 Å². The van der Waals surface area contributed by atoms with Gasteiger partial charge in [0.1, 0.15) is 0 Å². The molecule has 70 valence electrons. The lowest BCUT2D eigenvalue weighted by molar-refractivity contribution is 0.159. The van der Waals surface area contributed by atoms with Gasteiger partial charge >= 0.3 is 0 Å². The molecule has 0 aromatic rings. The monoisotopic (exact) mass is 187 g/mol. The van der Waals surface area contributed by atoms with Crippen LogP contribution >= 0.6 is 11.8 Å². The standard InChI is InChI=1S/C9H17NOS/c1-12-9-2-4-10(6-9)8-3-5-11-7-8/h8-9H,2-7H2,1H3/t8-,9-/m1/s1. The van der Waals surface area contributed by atoms with E-state index in [9.17, 15) is 0 Å². The van der Waals surface area contributed by atoms with Crippen LogP contribution in [0.15, 0.2) is 0 Å². The van der Waals surface area contributed by atoms with Crippen LogP contribution in [0.3, 0.4) is 0 Å². The smallest absolute Gasteiger partial charge is 0.0622 e. The summed E-state index contributed by atoms with van der Waals surface area (Å²) in [5.41, 5.74) is 0. The van der Waals surface area contributed by atoms with Crippen LogP contribution in [0.4, 0.5) is 0 Å². The maximum atomic E-state index is 5.39. The number of hydrogen-bond donors (Lipinski definition) is 0. The van der Waals surface area contributed by atoms with Crippen LogP contribution in [0.1, 0.15) is 12.8 Å². The topological polar surface area (TPSA) is 12.5 Å². The van der Waals surface area contributed by atoms with Crippen LogP contribution in [-0.2, 0) is 4.74 Å². The van der Waals surface area contributed by atoms with E-state index >= 15 is 0 Å². The molecule has 2 rings (SSSR count). The Morgan fingerprint density at radius 3 is 2.92 bits per heavy atom. The second-order valence-corrected chi connectivity index (χ2v) is 4.80. The van der Waals surface area contributed by atoms with Crippen molar-refractivity contribution in [3.8, 4) is 0 Å². The maximum Gasteiger partial charge on any atom is 0.0622 e. The summed E-state index contributed by atoms with van der Waals surface area (Å²) < 4.78 is 5.39. The third-order valence-corrected chi connectivity index (χ3v) is 3.98. The van der Waals surface area contributed by atoms with E-state index in [0.717, 1.165) is 24.5 Å². The Morgan fingerprint density at radius 1 is 1.42 bits per heavy atom. The number of rotatable bonds is 2. The first-order valence-electron chi connectivity index (χ1n) is 4.74. The van der Waals surface area contributed by atoms with Gasteiger partial charge in [0.2, 0.25) is 0 Å². The molecule has 2 aliphatic heterocycles. The molecule has 0 spiro atoms. The summed E-state index contributed by atoms with van der Waals surface area (Å²) >= 11 is 2.01. The molecule has 3 heteroatoms. The Morgan fingerprint density at radius 2 is 2.33 bits per heavy atom. The summed E-state index contributed by atoms with van der Waals surface area (Å²) in [6.45, 7) is 4.53. The highest BCUT2D eigenvalue weighted by atomic mass is 32.2.